The molecule has 0 aliphatic carbocycles. The molecule has 0 aromatic heterocycles. The number of hydrogen-bond acceptors (Lipinski definition) is 5. The van der Waals surface area contributed by atoms with Crippen molar-refractivity contribution in [3.63, 3.8) is 0 Å². The zero-order valence-electron chi connectivity index (χ0n) is 16.6. The highest BCUT2D eigenvalue weighted by Crippen LogP contribution is 2.25. The third kappa shape index (κ3) is 6.21. The van der Waals surface area contributed by atoms with Gasteiger partial charge in [0.25, 0.3) is 5.91 Å². The Labute approximate surface area is 169 Å². The van der Waals surface area contributed by atoms with Crippen molar-refractivity contribution in [2.24, 2.45) is 0 Å². The standard InChI is InChI=1S/C22H24N2O5/c1-4-23-22(27)24-20(25)15(2)29-21(26)18(16-10-6-5-7-11-16)14-17-12-8-9-13-19(17)28-3/h5-15H,4H2,1-3H3,(H2,23,24,25,27)/b18-14+. The number of methoxy groups -OCH3 is 1. The van der Waals surface area contributed by atoms with E-state index in [4.69, 9.17) is 9.47 Å². The summed E-state index contributed by atoms with van der Waals surface area (Å²) in [5.74, 6) is -0.814. The fourth-order valence-electron chi connectivity index (χ4n) is 2.51. The number of imide groups is 1. The highest BCUT2D eigenvalue weighted by Gasteiger charge is 2.23. The first-order valence-electron chi connectivity index (χ1n) is 9.16. The van der Waals surface area contributed by atoms with E-state index < -0.39 is 24.0 Å². The Morgan fingerprint density at radius 3 is 2.34 bits per heavy atom. The van der Waals surface area contributed by atoms with E-state index in [0.29, 0.717) is 23.4 Å². The summed E-state index contributed by atoms with van der Waals surface area (Å²) in [6, 6.07) is 15.5. The maximum atomic E-state index is 12.9. The van der Waals surface area contributed by atoms with E-state index in [1.54, 1.807) is 56.5 Å². The molecule has 0 aliphatic heterocycles. The number of nitrogens with one attached hydrogen (secondary N) is 2. The van der Waals surface area contributed by atoms with Gasteiger partial charge >= 0.3 is 12.0 Å². The van der Waals surface area contributed by atoms with Crippen LogP contribution in [0.4, 0.5) is 4.79 Å². The summed E-state index contributed by atoms with van der Waals surface area (Å²) < 4.78 is 10.7. The second-order valence-electron chi connectivity index (χ2n) is 6.06. The summed E-state index contributed by atoms with van der Waals surface area (Å²) in [6.07, 6.45) is 0.486. The van der Waals surface area contributed by atoms with Crippen molar-refractivity contribution in [1.82, 2.24) is 10.6 Å². The van der Waals surface area contributed by atoms with Crippen molar-refractivity contribution in [3.8, 4) is 5.75 Å². The number of benzene rings is 2. The number of para-hydroxylation sites is 1. The summed E-state index contributed by atoms with van der Waals surface area (Å²) in [5.41, 5.74) is 1.57. The maximum absolute atomic E-state index is 12.9. The van der Waals surface area contributed by atoms with Crippen molar-refractivity contribution in [3.05, 3.63) is 65.7 Å². The molecule has 1 unspecified atom stereocenters. The molecule has 0 radical (unpaired) electrons. The molecule has 0 spiro atoms. The molecule has 29 heavy (non-hydrogen) atoms. The molecular weight excluding hydrogens is 372 g/mol. The van der Waals surface area contributed by atoms with Crippen molar-refractivity contribution >= 4 is 29.6 Å². The third-order valence-corrected chi connectivity index (χ3v) is 3.97. The SMILES string of the molecule is CCNC(=O)NC(=O)C(C)OC(=O)/C(=C/c1ccccc1OC)c1ccccc1. The summed E-state index contributed by atoms with van der Waals surface area (Å²) in [7, 11) is 1.54. The lowest BCUT2D eigenvalue weighted by atomic mass is 10.0. The topological polar surface area (TPSA) is 93.7 Å². The van der Waals surface area contributed by atoms with Crippen molar-refractivity contribution < 1.29 is 23.9 Å². The van der Waals surface area contributed by atoms with Crippen LogP contribution in [-0.2, 0) is 14.3 Å². The summed E-state index contributed by atoms with van der Waals surface area (Å²) in [4.78, 5) is 36.5. The van der Waals surface area contributed by atoms with Crippen LogP contribution in [0.5, 0.6) is 5.75 Å². The van der Waals surface area contributed by atoms with Crippen LogP contribution in [0.2, 0.25) is 0 Å². The number of esters is 1. The molecule has 0 fully saturated rings. The van der Waals surface area contributed by atoms with Gasteiger partial charge in [0.05, 0.1) is 12.7 Å². The van der Waals surface area contributed by atoms with Crippen LogP contribution in [0.1, 0.15) is 25.0 Å². The lowest BCUT2D eigenvalue weighted by molar-refractivity contribution is -0.148. The molecule has 0 saturated carbocycles. The zero-order chi connectivity index (χ0) is 21.2. The number of carbonyl (C=O) groups excluding carboxylic acids is 3. The van der Waals surface area contributed by atoms with E-state index in [1.807, 2.05) is 18.2 Å². The van der Waals surface area contributed by atoms with Crippen LogP contribution in [0.3, 0.4) is 0 Å². The van der Waals surface area contributed by atoms with Crippen LogP contribution < -0.4 is 15.4 Å². The monoisotopic (exact) mass is 396 g/mol. The van der Waals surface area contributed by atoms with Gasteiger partial charge in [-0.3, -0.25) is 10.1 Å². The highest BCUT2D eigenvalue weighted by molar-refractivity contribution is 6.22. The Morgan fingerprint density at radius 2 is 1.69 bits per heavy atom. The molecule has 2 aromatic rings. The smallest absolute Gasteiger partial charge is 0.339 e. The Morgan fingerprint density at radius 1 is 1.03 bits per heavy atom. The van der Waals surface area contributed by atoms with Crippen molar-refractivity contribution in [2.75, 3.05) is 13.7 Å². The van der Waals surface area contributed by atoms with E-state index in [0.717, 1.165) is 0 Å². The molecule has 152 valence electrons. The number of hydrogen-bond donors (Lipinski definition) is 2. The summed E-state index contributed by atoms with van der Waals surface area (Å²) in [5, 5.41) is 4.57. The predicted molar refractivity (Wildman–Crippen MR) is 110 cm³/mol. The normalized spacial score (nSPS) is 11.9. The van der Waals surface area contributed by atoms with Crippen LogP contribution in [-0.4, -0.2) is 37.7 Å². The van der Waals surface area contributed by atoms with Gasteiger partial charge in [0.2, 0.25) is 0 Å². The quantitative estimate of drug-likeness (QED) is 0.426. The molecule has 7 nitrogen and oxygen atoms in total. The Hall–Kier alpha value is -3.61. The predicted octanol–water partition coefficient (Wildman–Crippen LogP) is 3.01. The molecular formula is C22H24N2O5. The minimum atomic E-state index is -1.16. The first-order chi connectivity index (χ1) is 14.0. The van der Waals surface area contributed by atoms with E-state index in [2.05, 4.69) is 10.6 Å². The minimum absolute atomic E-state index is 0.257. The molecule has 0 saturated heterocycles. The number of carbonyl (C=O) groups is 3. The Balaban J connectivity index is 2.28. The maximum Gasteiger partial charge on any atom is 0.339 e. The second-order valence-corrected chi connectivity index (χ2v) is 6.06. The fourth-order valence-corrected chi connectivity index (χ4v) is 2.51. The molecule has 2 rings (SSSR count). The Bertz CT molecular complexity index is 893. The minimum Gasteiger partial charge on any atom is -0.496 e. The van der Waals surface area contributed by atoms with Crippen LogP contribution >= 0.6 is 0 Å². The average Bonchev–Trinajstić information content (AvgIpc) is 2.72. The number of rotatable bonds is 7. The molecule has 7 heteroatoms. The summed E-state index contributed by atoms with van der Waals surface area (Å²) >= 11 is 0. The second kappa shape index (κ2) is 10.7. The van der Waals surface area contributed by atoms with Crippen molar-refractivity contribution in [1.29, 1.82) is 0 Å². The number of ether oxygens (including phenoxy) is 2. The first-order valence-corrected chi connectivity index (χ1v) is 9.16. The number of urea groups is 1. The first kappa shape index (κ1) is 21.7. The largest absolute Gasteiger partial charge is 0.496 e. The molecule has 0 bridgehead atoms. The van der Waals surface area contributed by atoms with E-state index in [1.165, 1.54) is 6.92 Å². The molecule has 0 heterocycles. The van der Waals surface area contributed by atoms with E-state index in [-0.39, 0.29) is 5.57 Å². The van der Waals surface area contributed by atoms with Gasteiger partial charge in [0, 0.05) is 12.1 Å². The highest BCUT2D eigenvalue weighted by atomic mass is 16.5. The third-order valence-electron chi connectivity index (χ3n) is 3.97. The van der Waals surface area contributed by atoms with Gasteiger partial charge in [-0.15, -0.1) is 0 Å². The van der Waals surface area contributed by atoms with Gasteiger partial charge < -0.3 is 14.8 Å². The van der Waals surface area contributed by atoms with E-state index >= 15 is 0 Å². The van der Waals surface area contributed by atoms with Crippen LogP contribution in [0, 0.1) is 0 Å². The van der Waals surface area contributed by atoms with Gasteiger partial charge in [0.1, 0.15) is 5.75 Å². The molecule has 2 N–H and O–H groups in total. The molecule has 3 amide bonds. The van der Waals surface area contributed by atoms with Crippen molar-refractivity contribution in [2.45, 2.75) is 20.0 Å². The molecule has 1 atom stereocenters. The fraction of sp³-hybridized carbons (Fsp3) is 0.227. The van der Waals surface area contributed by atoms with E-state index in [9.17, 15) is 14.4 Å². The van der Waals surface area contributed by atoms with Crippen LogP contribution in [0.25, 0.3) is 11.6 Å². The zero-order valence-corrected chi connectivity index (χ0v) is 16.6. The summed E-state index contributed by atoms with van der Waals surface area (Å²) in [6.45, 7) is 3.49. The van der Waals surface area contributed by atoms with Gasteiger partial charge in [-0.2, -0.15) is 0 Å². The Kier molecular flexibility index (Phi) is 7.97. The average molecular weight is 396 g/mol. The lowest BCUT2D eigenvalue weighted by Gasteiger charge is -2.15. The van der Waals surface area contributed by atoms with Crippen LogP contribution in [0.15, 0.2) is 54.6 Å². The molecule has 0 aliphatic rings. The number of amides is 3. The van der Waals surface area contributed by atoms with Gasteiger partial charge in [-0.25, -0.2) is 9.59 Å². The van der Waals surface area contributed by atoms with Gasteiger partial charge in [-0.05, 0) is 31.6 Å². The van der Waals surface area contributed by atoms with Gasteiger partial charge in [-0.1, -0.05) is 48.5 Å². The van der Waals surface area contributed by atoms with Gasteiger partial charge in [0.15, 0.2) is 6.10 Å². The lowest BCUT2D eigenvalue weighted by Crippen LogP contribution is -2.44. The molecule has 2 aromatic carbocycles.